The molecule has 9 heteroatoms. The van der Waals surface area contributed by atoms with Gasteiger partial charge in [-0.15, -0.1) is 0 Å². The highest BCUT2D eigenvalue weighted by Gasteiger charge is 2.24. The molecule has 2 rings (SSSR count). The number of rotatable bonds is 5. The predicted molar refractivity (Wildman–Crippen MR) is 95.8 cm³/mol. The monoisotopic (exact) mass is 369 g/mol. The average Bonchev–Trinajstić information content (AvgIpc) is 2.93. The van der Waals surface area contributed by atoms with Crippen molar-refractivity contribution < 1.29 is 17.9 Å². The van der Waals surface area contributed by atoms with E-state index in [9.17, 15) is 13.2 Å². The average molecular weight is 369 g/mol. The van der Waals surface area contributed by atoms with Crippen LogP contribution in [0.4, 0.5) is 10.8 Å². The summed E-state index contributed by atoms with van der Waals surface area (Å²) in [6.45, 7) is 1.68. The van der Waals surface area contributed by atoms with E-state index in [1.165, 1.54) is 11.9 Å². The Labute approximate surface area is 145 Å². The van der Waals surface area contributed by atoms with Crippen LogP contribution in [0.2, 0.25) is 0 Å². The molecule has 1 heterocycles. The first-order chi connectivity index (χ1) is 11.1. The highest BCUT2D eigenvalue weighted by Crippen LogP contribution is 2.29. The van der Waals surface area contributed by atoms with E-state index in [-0.39, 0.29) is 11.0 Å². The van der Waals surface area contributed by atoms with Gasteiger partial charge in [0, 0.05) is 25.8 Å². The van der Waals surface area contributed by atoms with Gasteiger partial charge in [0.05, 0.1) is 19.1 Å². The Hall–Kier alpha value is -2.13. The lowest BCUT2D eigenvalue weighted by Gasteiger charge is -2.17. The molecule has 130 valence electrons. The number of anilines is 2. The fourth-order valence-corrected chi connectivity index (χ4v) is 3.70. The maximum absolute atomic E-state index is 12.7. The van der Waals surface area contributed by atoms with Gasteiger partial charge in [0.1, 0.15) is 10.6 Å². The second kappa shape index (κ2) is 6.78. The molecular formula is C15H19N3O4S2. The minimum atomic E-state index is -3.43. The van der Waals surface area contributed by atoms with E-state index in [4.69, 9.17) is 4.74 Å². The third-order valence-electron chi connectivity index (χ3n) is 3.49. The number of aromatic nitrogens is 1. The van der Waals surface area contributed by atoms with Crippen molar-refractivity contribution >= 4 is 38.1 Å². The number of thiazole rings is 1. The standard InChI is InChI=1S/C15H19N3O4S2/c1-10-13(23-15(16-10)18(3)24(5,20)21)14(19)17(2)11-7-6-8-12(9-11)22-4/h6-9H,1-5H3. The van der Waals surface area contributed by atoms with Crippen LogP contribution in [0.25, 0.3) is 0 Å². The third kappa shape index (κ3) is 3.68. The first-order valence-corrected chi connectivity index (χ1v) is 9.65. The molecule has 0 atom stereocenters. The van der Waals surface area contributed by atoms with Crippen LogP contribution in [0.5, 0.6) is 5.75 Å². The van der Waals surface area contributed by atoms with E-state index in [2.05, 4.69) is 4.98 Å². The zero-order chi connectivity index (χ0) is 18.1. The highest BCUT2D eigenvalue weighted by atomic mass is 32.2. The third-order valence-corrected chi connectivity index (χ3v) is 6.00. The number of aryl methyl sites for hydroxylation is 1. The Morgan fingerprint density at radius 3 is 2.54 bits per heavy atom. The molecule has 2 aromatic rings. The normalized spacial score (nSPS) is 11.2. The molecule has 0 spiro atoms. The maximum Gasteiger partial charge on any atom is 0.270 e. The Kier molecular flexibility index (Phi) is 5.14. The van der Waals surface area contributed by atoms with Gasteiger partial charge in [-0.25, -0.2) is 17.7 Å². The molecule has 1 aromatic heterocycles. The molecule has 0 unspecified atom stereocenters. The Morgan fingerprint density at radius 2 is 1.96 bits per heavy atom. The Bertz CT molecular complexity index is 861. The van der Waals surface area contributed by atoms with Crippen molar-refractivity contribution in [1.29, 1.82) is 0 Å². The second-order valence-electron chi connectivity index (χ2n) is 5.21. The minimum absolute atomic E-state index is 0.258. The minimum Gasteiger partial charge on any atom is -0.497 e. The fraction of sp³-hybridized carbons (Fsp3) is 0.333. The second-order valence-corrected chi connectivity index (χ2v) is 8.20. The van der Waals surface area contributed by atoms with E-state index in [0.717, 1.165) is 21.9 Å². The topological polar surface area (TPSA) is 79.8 Å². The summed E-state index contributed by atoms with van der Waals surface area (Å²) in [5.74, 6) is 0.386. The largest absolute Gasteiger partial charge is 0.497 e. The lowest BCUT2D eigenvalue weighted by molar-refractivity contribution is 0.0996. The van der Waals surface area contributed by atoms with Crippen LogP contribution in [0.3, 0.4) is 0 Å². The molecule has 0 aliphatic rings. The van der Waals surface area contributed by atoms with Gasteiger partial charge in [-0.3, -0.25) is 4.79 Å². The van der Waals surface area contributed by atoms with E-state index >= 15 is 0 Å². The lowest BCUT2D eigenvalue weighted by Crippen LogP contribution is -2.26. The summed E-state index contributed by atoms with van der Waals surface area (Å²) in [6, 6.07) is 7.12. The highest BCUT2D eigenvalue weighted by molar-refractivity contribution is 7.92. The maximum atomic E-state index is 12.7. The van der Waals surface area contributed by atoms with Crippen LogP contribution >= 0.6 is 11.3 Å². The van der Waals surface area contributed by atoms with Gasteiger partial charge in [0.15, 0.2) is 5.13 Å². The fourth-order valence-electron chi connectivity index (χ4n) is 1.95. The number of hydrogen-bond donors (Lipinski definition) is 0. The van der Waals surface area contributed by atoms with Gasteiger partial charge in [-0.1, -0.05) is 17.4 Å². The molecule has 0 aliphatic heterocycles. The summed E-state index contributed by atoms with van der Waals surface area (Å²) in [7, 11) is 1.19. The summed E-state index contributed by atoms with van der Waals surface area (Å²) in [4.78, 5) is 18.8. The summed E-state index contributed by atoms with van der Waals surface area (Å²) >= 11 is 1.05. The van der Waals surface area contributed by atoms with Crippen LogP contribution in [0.1, 0.15) is 15.4 Å². The summed E-state index contributed by atoms with van der Waals surface area (Å²) in [5, 5.41) is 0.261. The molecular weight excluding hydrogens is 350 g/mol. The quantitative estimate of drug-likeness (QED) is 0.807. The van der Waals surface area contributed by atoms with Gasteiger partial charge >= 0.3 is 0 Å². The molecule has 0 radical (unpaired) electrons. The van der Waals surface area contributed by atoms with Crippen LogP contribution in [0.15, 0.2) is 24.3 Å². The number of nitrogens with zero attached hydrogens (tertiary/aromatic N) is 3. The Morgan fingerprint density at radius 1 is 1.29 bits per heavy atom. The molecule has 0 fully saturated rings. The van der Waals surface area contributed by atoms with Crippen molar-refractivity contribution in [2.24, 2.45) is 0 Å². The van der Waals surface area contributed by atoms with E-state index in [0.29, 0.717) is 22.0 Å². The van der Waals surface area contributed by atoms with E-state index in [1.54, 1.807) is 45.3 Å². The lowest BCUT2D eigenvalue weighted by atomic mass is 10.2. The van der Waals surface area contributed by atoms with E-state index in [1.807, 2.05) is 0 Å². The number of methoxy groups -OCH3 is 1. The number of carbonyl (C=O) groups is 1. The number of benzene rings is 1. The van der Waals surface area contributed by atoms with Gasteiger partial charge in [0.25, 0.3) is 5.91 Å². The smallest absolute Gasteiger partial charge is 0.270 e. The summed E-state index contributed by atoms with van der Waals surface area (Å²) in [6.07, 6.45) is 1.09. The first-order valence-electron chi connectivity index (χ1n) is 6.98. The molecule has 7 nitrogen and oxygen atoms in total. The number of carbonyl (C=O) groups excluding carboxylic acids is 1. The van der Waals surface area contributed by atoms with Crippen molar-refractivity contribution in [1.82, 2.24) is 4.98 Å². The SMILES string of the molecule is COc1cccc(N(C)C(=O)c2sc(N(C)S(C)(=O)=O)nc2C)c1. The molecule has 0 saturated heterocycles. The molecule has 0 bridgehead atoms. The van der Waals surface area contributed by atoms with Crippen LogP contribution in [-0.4, -0.2) is 46.8 Å². The number of ether oxygens (including phenoxy) is 1. The van der Waals surface area contributed by atoms with Crippen molar-refractivity contribution in [3.05, 3.63) is 34.8 Å². The summed E-state index contributed by atoms with van der Waals surface area (Å²) < 4.78 is 29.5. The molecule has 0 aliphatic carbocycles. The van der Waals surface area contributed by atoms with Crippen molar-refractivity contribution in [2.45, 2.75) is 6.92 Å². The van der Waals surface area contributed by atoms with Gasteiger partial charge in [-0.05, 0) is 19.1 Å². The van der Waals surface area contributed by atoms with Crippen LogP contribution < -0.4 is 13.9 Å². The molecule has 0 N–H and O–H groups in total. The number of hydrogen-bond acceptors (Lipinski definition) is 6. The number of sulfonamides is 1. The van der Waals surface area contributed by atoms with Crippen molar-refractivity contribution in [3.8, 4) is 5.75 Å². The molecule has 0 saturated carbocycles. The molecule has 1 amide bonds. The summed E-state index contributed by atoms with van der Waals surface area (Å²) in [5.41, 5.74) is 1.16. The van der Waals surface area contributed by atoms with Gasteiger partial charge in [0.2, 0.25) is 10.0 Å². The van der Waals surface area contributed by atoms with Crippen molar-refractivity contribution in [3.63, 3.8) is 0 Å². The molecule has 1 aromatic carbocycles. The van der Waals surface area contributed by atoms with Gasteiger partial charge in [-0.2, -0.15) is 0 Å². The zero-order valence-electron chi connectivity index (χ0n) is 14.1. The predicted octanol–water partition coefficient (Wildman–Crippen LogP) is 2.13. The van der Waals surface area contributed by atoms with Crippen LogP contribution in [-0.2, 0) is 10.0 Å². The van der Waals surface area contributed by atoms with E-state index < -0.39 is 10.0 Å². The molecule has 24 heavy (non-hydrogen) atoms. The van der Waals surface area contributed by atoms with Crippen LogP contribution in [0, 0.1) is 6.92 Å². The van der Waals surface area contributed by atoms with Crippen molar-refractivity contribution in [2.75, 3.05) is 36.7 Å². The zero-order valence-corrected chi connectivity index (χ0v) is 15.7. The Balaban J connectivity index is 2.34. The van der Waals surface area contributed by atoms with Gasteiger partial charge < -0.3 is 9.64 Å². The number of amides is 1. The first kappa shape index (κ1) is 18.2.